The Morgan fingerprint density at radius 1 is 1.38 bits per heavy atom. The van der Waals surface area contributed by atoms with Crippen molar-refractivity contribution in [2.24, 2.45) is 5.73 Å². The molecule has 0 spiro atoms. The topological polar surface area (TPSA) is 76.2 Å². The van der Waals surface area contributed by atoms with Crippen molar-refractivity contribution in [2.75, 3.05) is 0 Å². The van der Waals surface area contributed by atoms with Crippen molar-refractivity contribution in [3.05, 3.63) is 42.2 Å². The van der Waals surface area contributed by atoms with Crippen LogP contribution in [0.5, 0.6) is 0 Å². The molecule has 2 aromatic rings. The number of nitrogens with two attached hydrogens (primary N) is 1. The van der Waals surface area contributed by atoms with E-state index in [1.165, 1.54) is 0 Å². The molecule has 1 heterocycles. The van der Waals surface area contributed by atoms with Gasteiger partial charge in [0.2, 0.25) is 0 Å². The van der Waals surface area contributed by atoms with Crippen LogP contribution >= 0.6 is 0 Å². The van der Waals surface area contributed by atoms with E-state index >= 15 is 0 Å². The molecule has 0 saturated carbocycles. The van der Waals surface area contributed by atoms with Gasteiger partial charge in [0.05, 0.1) is 5.69 Å². The molecule has 2 rings (SSSR count). The molecule has 0 bridgehead atoms. The van der Waals surface area contributed by atoms with Crippen LogP contribution in [0.4, 0.5) is 0 Å². The minimum Gasteiger partial charge on any atom is -0.480 e. The number of rotatable bonds is 3. The molecule has 0 saturated heterocycles. The number of benzene rings is 1. The SMILES string of the molecule is NC(Cc1nccc2ccccc12)C(=O)O. The maximum atomic E-state index is 10.7. The number of carboxylic acids is 1. The van der Waals surface area contributed by atoms with Crippen molar-refractivity contribution in [1.82, 2.24) is 4.98 Å². The summed E-state index contributed by atoms with van der Waals surface area (Å²) in [5, 5.41) is 10.8. The fourth-order valence-electron chi connectivity index (χ4n) is 1.64. The van der Waals surface area contributed by atoms with E-state index in [0.717, 1.165) is 16.5 Å². The first-order valence-electron chi connectivity index (χ1n) is 4.99. The van der Waals surface area contributed by atoms with Gasteiger partial charge in [0.15, 0.2) is 0 Å². The standard InChI is InChI=1S/C12H12N2O2/c13-10(12(15)16)7-11-9-4-2-1-3-8(9)5-6-14-11/h1-6,10H,7,13H2,(H,15,16). The third-order valence-electron chi connectivity index (χ3n) is 2.49. The van der Waals surface area contributed by atoms with Crippen LogP contribution in [0.25, 0.3) is 10.8 Å². The first-order chi connectivity index (χ1) is 7.68. The van der Waals surface area contributed by atoms with Gasteiger partial charge in [-0.1, -0.05) is 24.3 Å². The van der Waals surface area contributed by atoms with Crippen LogP contribution in [0.3, 0.4) is 0 Å². The third-order valence-corrected chi connectivity index (χ3v) is 2.49. The average molecular weight is 216 g/mol. The van der Waals surface area contributed by atoms with Gasteiger partial charge in [0.1, 0.15) is 6.04 Å². The molecule has 3 N–H and O–H groups in total. The molecule has 1 aromatic carbocycles. The molecule has 1 aromatic heterocycles. The van der Waals surface area contributed by atoms with Gasteiger partial charge in [-0.3, -0.25) is 9.78 Å². The molecule has 0 fully saturated rings. The lowest BCUT2D eigenvalue weighted by atomic mass is 10.0. The van der Waals surface area contributed by atoms with E-state index in [1.807, 2.05) is 30.3 Å². The number of hydrogen-bond acceptors (Lipinski definition) is 3. The van der Waals surface area contributed by atoms with E-state index in [1.54, 1.807) is 6.20 Å². The summed E-state index contributed by atoms with van der Waals surface area (Å²) in [5.41, 5.74) is 6.23. The van der Waals surface area contributed by atoms with Gasteiger partial charge in [-0.05, 0) is 11.5 Å². The Morgan fingerprint density at radius 2 is 2.12 bits per heavy atom. The summed E-state index contributed by atoms with van der Waals surface area (Å²) < 4.78 is 0. The molecule has 0 radical (unpaired) electrons. The molecule has 4 heteroatoms. The predicted octanol–water partition coefficient (Wildman–Crippen LogP) is 1.19. The molecule has 1 unspecified atom stereocenters. The molecule has 0 amide bonds. The average Bonchev–Trinajstić information content (AvgIpc) is 2.29. The highest BCUT2D eigenvalue weighted by molar-refractivity contribution is 5.85. The number of carboxylic acid groups (broad SMARTS) is 1. The Labute approximate surface area is 92.7 Å². The molecule has 82 valence electrons. The molecule has 0 aliphatic heterocycles. The van der Waals surface area contributed by atoms with Crippen LogP contribution in [-0.2, 0) is 11.2 Å². The van der Waals surface area contributed by atoms with Gasteiger partial charge in [0.25, 0.3) is 0 Å². The minimum atomic E-state index is -1.00. The lowest BCUT2D eigenvalue weighted by Crippen LogP contribution is -2.32. The number of aliphatic carboxylic acids is 1. The fourth-order valence-corrected chi connectivity index (χ4v) is 1.64. The van der Waals surface area contributed by atoms with Crippen LogP contribution in [0.1, 0.15) is 5.69 Å². The number of fused-ring (bicyclic) bond motifs is 1. The fraction of sp³-hybridized carbons (Fsp3) is 0.167. The van der Waals surface area contributed by atoms with Gasteiger partial charge in [0, 0.05) is 18.0 Å². The Hall–Kier alpha value is -1.94. The van der Waals surface area contributed by atoms with Gasteiger partial charge >= 0.3 is 5.97 Å². The number of hydrogen-bond donors (Lipinski definition) is 2. The zero-order valence-corrected chi connectivity index (χ0v) is 8.63. The summed E-state index contributed by atoms with van der Waals surface area (Å²) in [6, 6.07) is 8.71. The van der Waals surface area contributed by atoms with Gasteiger partial charge in [-0.2, -0.15) is 0 Å². The van der Waals surface area contributed by atoms with E-state index in [2.05, 4.69) is 4.98 Å². The first kappa shape index (κ1) is 10.6. The Kier molecular flexibility index (Phi) is 2.83. The van der Waals surface area contributed by atoms with Crippen LogP contribution in [0.2, 0.25) is 0 Å². The highest BCUT2D eigenvalue weighted by Gasteiger charge is 2.14. The normalized spacial score (nSPS) is 12.6. The zero-order chi connectivity index (χ0) is 11.5. The Morgan fingerprint density at radius 3 is 2.88 bits per heavy atom. The second-order valence-electron chi connectivity index (χ2n) is 3.63. The molecular weight excluding hydrogens is 204 g/mol. The highest BCUT2D eigenvalue weighted by atomic mass is 16.4. The number of nitrogens with zero attached hydrogens (tertiary/aromatic N) is 1. The monoisotopic (exact) mass is 216 g/mol. The predicted molar refractivity (Wildman–Crippen MR) is 61.1 cm³/mol. The second-order valence-corrected chi connectivity index (χ2v) is 3.63. The number of carbonyl (C=O) groups is 1. The van der Waals surface area contributed by atoms with Crippen molar-refractivity contribution < 1.29 is 9.90 Å². The van der Waals surface area contributed by atoms with Gasteiger partial charge < -0.3 is 10.8 Å². The van der Waals surface area contributed by atoms with Crippen molar-refractivity contribution >= 4 is 16.7 Å². The molecule has 4 nitrogen and oxygen atoms in total. The lowest BCUT2D eigenvalue weighted by molar-refractivity contribution is -0.138. The smallest absolute Gasteiger partial charge is 0.320 e. The lowest BCUT2D eigenvalue weighted by Gasteiger charge is -2.08. The Balaban J connectivity index is 2.41. The summed E-state index contributed by atoms with van der Waals surface area (Å²) in [4.78, 5) is 14.9. The van der Waals surface area contributed by atoms with Crippen molar-refractivity contribution in [3.8, 4) is 0 Å². The Bertz CT molecular complexity index is 520. The van der Waals surface area contributed by atoms with E-state index in [-0.39, 0.29) is 6.42 Å². The maximum Gasteiger partial charge on any atom is 0.320 e. The molecular formula is C12H12N2O2. The van der Waals surface area contributed by atoms with E-state index in [0.29, 0.717) is 0 Å². The summed E-state index contributed by atoms with van der Waals surface area (Å²) in [6.45, 7) is 0. The molecule has 1 atom stereocenters. The van der Waals surface area contributed by atoms with E-state index in [9.17, 15) is 4.79 Å². The second kappa shape index (κ2) is 4.28. The number of pyridine rings is 1. The molecule has 0 aliphatic carbocycles. The number of aromatic nitrogens is 1. The van der Waals surface area contributed by atoms with E-state index in [4.69, 9.17) is 10.8 Å². The minimum absolute atomic E-state index is 0.247. The molecule has 0 aliphatic rings. The van der Waals surface area contributed by atoms with Crippen LogP contribution < -0.4 is 5.73 Å². The highest BCUT2D eigenvalue weighted by Crippen LogP contribution is 2.17. The van der Waals surface area contributed by atoms with Crippen LogP contribution in [0, 0.1) is 0 Å². The van der Waals surface area contributed by atoms with Gasteiger partial charge in [-0.15, -0.1) is 0 Å². The largest absolute Gasteiger partial charge is 0.480 e. The van der Waals surface area contributed by atoms with Crippen LogP contribution in [-0.4, -0.2) is 22.1 Å². The van der Waals surface area contributed by atoms with Crippen molar-refractivity contribution in [1.29, 1.82) is 0 Å². The summed E-state index contributed by atoms with van der Waals surface area (Å²) in [7, 11) is 0. The van der Waals surface area contributed by atoms with E-state index < -0.39 is 12.0 Å². The third kappa shape index (κ3) is 2.01. The summed E-state index contributed by atoms with van der Waals surface area (Å²) >= 11 is 0. The van der Waals surface area contributed by atoms with Gasteiger partial charge in [-0.25, -0.2) is 0 Å². The summed E-state index contributed by atoms with van der Waals surface area (Å²) in [6.07, 6.45) is 1.92. The van der Waals surface area contributed by atoms with Crippen molar-refractivity contribution in [3.63, 3.8) is 0 Å². The zero-order valence-electron chi connectivity index (χ0n) is 8.63. The quantitative estimate of drug-likeness (QED) is 0.808. The van der Waals surface area contributed by atoms with Crippen LogP contribution in [0.15, 0.2) is 36.5 Å². The first-order valence-corrected chi connectivity index (χ1v) is 4.99. The molecule has 16 heavy (non-hydrogen) atoms. The van der Waals surface area contributed by atoms with Crippen molar-refractivity contribution in [2.45, 2.75) is 12.5 Å². The summed E-state index contributed by atoms with van der Waals surface area (Å²) in [5.74, 6) is -1.00. The maximum absolute atomic E-state index is 10.7.